The van der Waals surface area contributed by atoms with Crippen LogP contribution in [0.4, 0.5) is 5.82 Å². The van der Waals surface area contributed by atoms with Crippen molar-refractivity contribution in [2.24, 2.45) is 0 Å². The lowest BCUT2D eigenvalue weighted by molar-refractivity contribution is -0.133. The van der Waals surface area contributed by atoms with Gasteiger partial charge in [-0.1, -0.05) is 54.6 Å². The van der Waals surface area contributed by atoms with Gasteiger partial charge in [0.05, 0.1) is 22.5 Å². The Labute approximate surface area is 246 Å². The van der Waals surface area contributed by atoms with E-state index in [0.717, 1.165) is 44.1 Å². The summed E-state index contributed by atoms with van der Waals surface area (Å²) in [5, 5.41) is 13.2. The number of para-hydroxylation sites is 2. The fourth-order valence-electron chi connectivity index (χ4n) is 6.82. The van der Waals surface area contributed by atoms with E-state index < -0.39 is 0 Å². The van der Waals surface area contributed by atoms with Crippen LogP contribution in [0, 0.1) is 0 Å². The predicted octanol–water partition coefficient (Wildman–Crippen LogP) is 3.94. The van der Waals surface area contributed by atoms with Crippen molar-refractivity contribution in [1.82, 2.24) is 29.0 Å². The number of aliphatic hydroxyl groups is 1. The summed E-state index contributed by atoms with van der Waals surface area (Å²) >= 11 is 0. The van der Waals surface area contributed by atoms with E-state index in [-0.39, 0.29) is 30.3 Å². The van der Waals surface area contributed by atoms with Gasteiger partial charge in [0.15, 0.2) is 0 Å². The number of piperidine rings is 1. The van der Waals surface area contributed by atoms with Gasteiger partial charge in [-0.25, -0.2) is 14.8 Å². The van der Waals surface area contributed by atoms with Gasteiger partial charge in [-0.2, -0.15) is 0 Å². The normalized spacial score (nSPS) is 16.4. The van der Waals surface area contributed by atoms with Crippen LogP contribution in [0.25, 0.3) is 44.0 Å². The minimum Gasteiger partial charge on any atom is -0.389 e. The van der Waals surface area contributed by atoms with Gasteiger partial charge in [-0.15, -0.1) is 0 Å². The van der Waals surface area contributed by atoms with Gasteiger partial charge < -0.3 is 24.5 Å². The number of carbonyl (C=O) groups excluding carboxylic acids is 1. The number of H-pyrrole nitrogens is 1. The first-order chi connectivity index (χ1) is 21.0. The van der Waals surface area contributed by atoms with Crippen molar-refractivity contribution in [3.05, 3.63) is 89.7 Å². The zero-order valence-electron chi connectivity index (χ0n) is 23.6. The van der Waals surface area contributed by atoms with Crippen molar-refractivity contribution in [3.63, 3.8) is 0 Å². The molecule has 2 aliphatic heterocycles. The summed E-state index contributed by atoms with van der Waals surface area (Å²) in [5.41, 5.74) is 4.35. The Morgan fingerprint density at radius 2 is 1.70 bits per heavy atom. The zero-order valence-corrected chi connectivity index (χ0v) is 23.6. The standard InChI is InChI=1S/C33H31N7O3/c41-23-16-38(17-23)31-30-26(25-9-5-7-21-6-1-2-8-24(21)25)18-39(32(30)35-20-34-31)19-29(42)37-14-12-22(13-15-37)40-28-11-4-3-10-27(28)36-33(40)43/h1-11,18,20,22-23,41H,12-17,19H2,(H,36,43). The SMILES string of the molecule is O=C(Cn1cc(-c2cccc3ccccc23)c2c(N3CC(O)C3)ncnc21)N1CCC(n2c(=O)[nH]c3ccccc32)CC1. The van der Waals surface area contributed by atoms with Crippen molar-refractivity contribution in [1.29, 1.82) is 0 Å². The summed E-state index contributed by atoms with van der Waals surface area (Å²) in [6.07, 6.45) is 4.62. The number of rotatable bonds is 5. The van der Waals surface area contributed by atoms with Gasteiger partial charge in [-0.05, 0) is 41.3 Å². The Balaban J connectivity index is 1.11. The van der Waals surface area contributed by atoms with Crippen LogP contribution >= 0.6 is 0 Å². The first-order valence-electron chi connectivity index (χ1n) is 14.8. The van der Waals surface area contributed by atoms with Gasteiger partial charge in [0, 0.05) is 44.0 Å². The Kier molecular flexibility index (Phi) is 6.04. The highest BCUT2D eigenvalue weighted by Gasteiger charge is 2.31. The summed E-state index contributed by atoms with van der Waals surface area (Å²) < 4.78 is 3.78. The highest BCUT2D eigenvalue weighted by molar-refractivity contribution is 6.08. The van der Waals surface area contributed by atoms with Crippen LogP contribution in [0.15, 0.2) is 84.0 Å². The molecular weight excluding hydrogens is 542 g/mol. The number of likely N-dealkylation sites (tertiary alicyclic amines) is 1. The number of benzene rings is 3. The molecule has 2 saturated heterocycles. The summed E-state index contributed by atoms with van der Waals surface area (Å²) in [7, 11) is 0. The Hall–Kier alpha value is -4.96. The van der Waals surface area contributed by atoms with Gasteiger partial charge in [0.25, 0.3) is 0 Å². The molecule has 2 fully saturated rings. The molecule has 2 N–H and O–H groups in total. The van der Waals surface area contributed by atoms with E-state index in [9.17, 15) is 14.7 Å². The fraction of sp³-hybridized carbons (Fsp3) is 0.273. The van der Waals surface area contributed by atoms with Gasteiger partial charge in [-0.3, -0.25) is 9.36 Å². The molecular formula is C33H31N7O3. The molecule has 3 aromatic heterocycles. The molecule has 0 atom stereocenters. The first-order valence-corrected chi connectivity index (χ1v) is 14.8. The van der Waals surface area contributed by atoms with Crippen LogP contribution in [0.2, 0.25) is 0 Å². The second-order valence-corrected chi connectivity index (χ2v) is 11.6. The molecule has 0 bridgehead atoms. The topological polar surface area (TPSA) is 112 Å². The number of hydrogen-bond acceptors (Lipinski definition) is 6. The van der Waals surface area contributed by atoms with Crippen LogP contribution in [0.3, 0.4) is 0 Å². The number of carbonyl (C=O) groups is 1. The second-order valence-electron chi connectivity index (χ2n) is 11.6. The number of aromatic nitrogens is 5. The van der Waals surface area contributed by atoms with Gasteiger partial charge >= 0.3 is 5.69 Å². The molecule has 43 heavy (non-hydrogen) atoms. The first kappa shape index (κ1) is 25.7. The lowest BCUT2D eigenvalue weighted by atomic mass is 9.98. The van der Waals surface area contributed by atoms with Gasteiger partial charge in [0.1, 0.15) is 24.3 Å². The van der Waals surface area contributed by atoms with Crippen molar-refractivity contribution in [3.8, 4) is 11.1 Å². The molecule has 8 rings (SSSR count). The number of fused-ring (bicyclic) bond motifs is 3. The maximum absolute atomic E-state index is 13.7. The lowest BCUT2D eigenvalue weighted by Crippen LogP contribution is -2.51. The van der Waals surface area contributed by atoms with Crippen LogP contribution in [0.5, 0.6) is 0 Å². The van der Waals surface area contributed by atoms with Crippen LogP contribution < -0.4 is 10.6 Å². The number of anilines is 1. The third-order valence-corrected chi connectivity index (χ3v) is 8.99. The number of hydrogen-bond donors (Lipinski definition) is 2. The smallest absolute Gasteiger partial charge is 0.326 e. The van der Waals surface area contributed by atoms with E-state index in [1.54, 1.807) is 6.33 Å². The molecule has 5 heterocycles. The molecule has 10 heteroatoms. The largest absolute Gasteiger partial charge is 0.389 e. The molecule has 6 aromatic rings. The summed E-state index contributed by atoms with van der Waals surface area (Å²) in [6.45, 7) is 2.34. The molecule has 2 aliphatic rings. The average Bonchev–Trinajstić information content (AvgIpc) is 3.56. The van der Waals surface area contributed by atoms with E-state index in [1.807, 2.05) is 62.7 Å². The molecule has 1 amide bonds. The van der Waals surface area contributed by atoms with E-state index in [4.69, 9.17) is 0 Å². The number of nitrogens with zero attached hydrogens (tertiary/aromatic N) is 6. The molecule has 216 valence electrons. The van der Waals surface area contributed by atoms with Crippen molar-refractivity contribution in [2.45, 2.75) is 31.5 Å². The van der Waals surface area contributed by atoms with E-state index in [1.165, 1.54) is 0 Å². The number of nitrogens with one attached hydrogen (secondary N) is 1. The zero-order chi connectivity index (χ0) is 29.1. The Morgan fingerprint density at radius 1 is 0.930 bits per heavy atom. The fourth-order valence-corrected chi connectivity index (χ4v) is 6.82. The lowest BCUT2D eigenvalue weighted by Gasteiger charge is -2.37. The Bertz CT molecular complexity index is 2060. The molecule has 3 aromatic carbocycles. The number of imidazole rings is 1. The van der Waals surface area contributed by atoms with E-state index in [0.29, 0.717) is 44.7 Å². The summed E-state index contributed by atoms with van der Waals surface area (Å²) in [6, 6.07) is 22.3. The molecule has 0 unspecified atom stereocenters. The monoisotopic (exact) mass is 573 g/mol. The highest BCUT2D eigenvalue weighted by atomic mass is 16.3. The Morgan fingerprint density at radius 3 is 2.53 bits per heavy atom. The third kappa shape index (κ3) is 4.28. The van der Waals surface area contributed by atoms with Crippen LogP contribution in [-0.4, -0.2) is 72.3 Å². The summed E-state index contributed by atoms with van der Waals surface area (Å²) in [4.78, 5) is 42.7. The van der Waals surface area contributed by atoms with Gasteiger partial charge in [0.2, 0.25) is 5.91 Å². The average molecular weight is 574 g/mol. The third-order valence-electron chi connectivity index (χ3n) is 8.99. The van der Waals surface area contributed by atoms with Crippen LogP contribution in [0.1, 0.15) is 18.9 Å². The van der Waals surface area contributed by atoms with E-state index in [2.05, 4.69) is 44.1 Å². The summed E-state index contributed by atoms with van der Waals surface area (Å²) in [5.74, 6) is 0.792. The molecule has 0 radical (unpaired) electrons. The predicted molar refractivity (Wildman–Crippen MR) is 166 cm³/mol. The molecule has 0 saturated carbocycles. The number of aliphatic hydroxyl groups excluding tert-OH is 1. The number of aromatic amines is 1. The molecule has 0 aliphatic carbocycles. The van der Waals surface area contributed by atoms with Crippen molar-refractivity contribution in [2.75, 3.05) is 31.1 Å². The quantitative estimate of drug-likeness (QED) is 0.323. The second kappa shape index (κ2) is 10.1. The van der Waals surface area contributed by atoms with Crippen molar-refractivity contribution >= 4 is 44.6 Å². The van der Waals surface area contributed by atoms with E-state index >= 15 is 0 Å². The number of amides is 1. The maximum atomic E-state index is 13.7. The minimum atomic E-state index is -0.377. The minimum absolute atomic E-state index is 0.0191. The maximum Gasteiger partial charge on any atom is 0.326 e. The van der Waals surface area contributed by atoms with Crippen LogP contribution in [-0.2, 0) is 11.3 Å². The number of β-amino-alcohol motifs (C(OH)–C–C–N with tert-alkyl or cyclic N) is 1. The molecule has 10 nitrogen and oxygen atoms in total. The van der Waals surface area contributed by atoms with Crippen molar-refractivity contribution < 1.29 is 9.90 Å². The molecule has 0 spiro atoms. The highest BCUT2D eigenvalue weighted by Crippen LogP contribution is 2.39.